The molecule has 4 nitrogen and oxygen atoms in total. The number of hydrogen-bond acceptors (Lipinski definition) is 3. The fourth-order valence-electron chi connectivity index (χ4n) is 1.51. The van der Waals surface area contributed by atoms with Crippen LogP contribution >= 0.6 is 15.9 Å². The van der Waals surface area contributed by atoms with Gasteiger partial charge in [-0.2, -0.15) is 0 Å². The third-order valence-electron chi connectivity index (χ3n) is 2.28. The van der Waals surface area contributed by atoms with Crippen LogP contribution in [0.2, 0.25) is 0 Å². The summed E-state index contributed by atoms with van der Waals surface area (Å²) in [6.07, 6.45) is -1.23. The number of aliphatic hydroxyl groups is 1. The Kier molecular flexibility index (Phi) is 3.11. The summed E-state index contributed by atoms with van der Waals surface area (Å²) in [4.78, 5) is 12.6. The van der Waals surface area contributed by atoms with E-state index >= 15 is 0 Å². The molecule has 1 aliphatic heterocycles. The molecule has 0 bridgehead atoms. The van der Waals surface area contributed by atoms with Gasteiger partial charge in [-0.05, 0) is 18.2 Å². The van der Waals surface area contributed by atoms with Crippen molar-refractivity contribution in [1.82, 2.24) is 0 Å². The molecular weight excluding hydrogens is 281 g/mol. The predicted octanol–water partition coefficient (Wildman–Crippen LogP) is 1.91. The van der Waals surface area contributed by atoms with E-state index in [1.807, 2.05) is 0 Å². The van der Waals surface area contributed by atoms with E-state index in [0.29, 0.717) is 4.47 Å². The lowest BCUT2D eigenvalue weighted by molar-refractivity contribution is 0.0963. The Morgan fingerprint density at radius 3 is 2.94 bits per heavy atom. The highest BCUT2D eigenvalue weighted by molar-refractivity contribution is 9.10. The van der Waals surface area contributed by atoms with Gasteiger partial charge in [0.1, 0.15) is 11.9 Å². The number of ether oxygens (including phenoxy) is 1. The maximum Gasteiger partial charge on any atom is 0.414 e. The molecule has 1 saturated heterocycles. The lowest BCUT2D eigenvalue weighted by Gasteiger charge is -2.13. The van der Waals surface area contributed by atoms with Gasteiger partial charge in [0, 0.05) is 4.47 Å². The number of carbonyl (C=O) groups is 1. The fraction of sp³-hybridized carbons (Fsp3) is 0.300. The van der Waals surface area contributed by atoms with Crippen LogP contribution in [0.1, 0.15) is 0 Å². The minimum atomic E-state index is -0.639. The Hall–Kier alpha value is -1.14. The first kappa shape index (κ1) is 11.3. The van der Waals surface area contributed by atoms with Crippen LogP contribution in [-0.4, -0.2) is 30.5 Å². The second-order valence-electron chi connectivity index (χ2n) is 3.39. The van der Waals surface area contributed by atoms with Gasteiger partial charge < -0.3 is 9.84 Å². The Balaban J connectivity index is 2.28. The average Bonchev–Trinajstić information content (AvgIpc) is 2.60. The standard InChI is InChI=1S/C10H9BrFNO3/c11-6-1-2-9(8(12)3-6)13-4-7(5-14)16-10(13)15/h1-3,7,14H,4-5H2/t7-/m1/s1. The van der Waals surface area contributed by atoms with Gasteiger partial charge in [-0.15, -0.1) is 0 Å². The zero-order chi connectivity index (χ0) is 11.7. The summed E-state index contributed by atoms with van der Waals surface area (Å²) in [6, 6.07) is 4.40. The highest BCUT2D eigenvalue weighted by Gasteiger charge is 2.33. The number of benzene rings is 1. The number of halogens is 2. The summed E-state index contributed by atoms with van der Waals surface area (Å²) in [6.45, 7) is -0.103. The quantitative estimate of drug-likeness (QED) is 0.905. The maximum absolute atomic E-state index is 13.6. The van der Waals surface area contributed by atoms with Gasteiger partial charge in [0.05, 0.1) is 18.8 Å². The van der Waals surface area contributed by atoms with Gasteiger partial charge in [-0.25, -0.2) is 9.18 Å². The molecule has 1 fully saturated rings. The minimum absolute atomic E-state index is 0.157. The van der Waals surface area contributed by atoms with Crippen LogP contribution in [-0.2, 0) is 4.74 Å². The SMILES string of the molecule is O=C1O[C@@H](CO)CN1c1ccc(Br)cc1F. The topological polar surface area (TPSA) is 49.8 Å². The van der Waals surface area contributed by atoms with Gasteiger partial charge >= 0.3 is 6.09 Å². The van der Waals surface area contributed by atoms with Crippen LogP contribution in [0.25, 0.3) is 0 Å². The summed E-state index contributed by atoms with van der Waals surface area (Å²) in [5.74, 6) is -0.509. The van der Waals surface area contributed by atoms with E-state index in [1.54, 1.807) is 6.07 Å². The van der Waals surface area contributed by atoms with E-state index in [-0.39, 0.29) is 18.8 Å². The summed E-state index contributed by atoms with van der Waals surface area (Å²) in [5.41, 5.74) is 0.157. The highest BCUT2D eigenvalue weighted by atomic mass is 79.9. The number of aliphatic hydroxyl groups excluding tert-OH is 1. The molecule has 6 heteroatoms. The Morgan fingerprint density at radius 1 is 1.62 bits per heavy atom. The predicted molar refractivity (Wildman–Crippen MR) is 58.8 cm³/mol. The second-order valence-corrected chi connectivity index (χ2v) is 4.31. The summed E-state index contributed by atoms with van der Waals surface area (Å²) >= 11 is 3.13. The van der Waals surface area contributed by atoms with Crippen LogP contribution in [0.3, 0.4) is 0 Å². The molecular formula is C10H9BrFNO3. The van der Waals surface area contributed by atoms with Crippen molar-refractivity contribution in [3.05, 3.63) is 28.5 Å². The average molecular weight is 290 g/mol. The number of anilines is 1. The zero-order valence-electron chi connectivity index (χ0n) is 8.19. The molecule has 1 aromatic rings. The van der Waals surface area contributed by atoms with Gasteiger partial charge in [0.15, 0.2) is 0 Å². The van der Waals surface area contributed by atoms with E-state index in [2.05, 4.69) is 15.9 Å². The molecule has 0 spiro atoms. The molecule has 0 radical (unpaired) electrons. The lowest BCUT2D eigenvalue weighted by atomic mass is 10.2. The van der Waals surface area contributed by atoms with Crippen LogP contribution in [0.5, 0.6) is 0 Å². The molecule has 1 atom stereocenters. The van der Waals surface area contributed by atoms with Crippen LogP contribution in [0, 0.1) is 5.82 Å². The number of carbonyl (C=O) groups excluding carboxylic acids is 1. The first-order valence-corrected chi connectivity index (χ1v) is 5.45. The molecule has 1 amide bonds. The summed E-state index contributed by atoms with van der Waals surface area (Å²) in [5, 5.41) is 8.86. The first-order chi connectivity index (χ1) is 7.61. The minimum Gasteiger partial charge on any atom is -0.441 e. The van der Waals surface area contributed by atoms with Crippen LogP contribution in [0.4, 0.5) is 14.9 Å². The smallest absolute Gasteiger partial charge is 0.414 e. The molecule has 0 unspecified atom stereocenters. The van der Waals surface area contributed by atoms with Crippen LogP contribution in [0.15, 0.2) is 22.7 Å². The van der Waals surface area contributed by atoms with Crippen molar-refractivity contribution in [2.24, 2.45) is 0 Å². The maximum atomic E-state index is 13.6. The number of amides is 1. The fourth-order valence-corrected chi connectivity index (χ4v) is 1.85. The number of cyclic esters (lactones) is 1. The van der Waals surface area contributed by atoms with E-state index in [1.165, 1.54) is 17.0 Å². The van der Waals surface area contributed by atoms with E-state index < -0.39 is 18.0 Å². The molecule has 1 N–H and O–H groups in total. The number of hydrogen-bond donors (Lipinski definition) is 1. The zero-order valence-corrected chi connectivity index (χ0v) is 9.78. The van der Waals surface area contributed by atoms with Gasteiger partial charge in [0.25, 0.3) is 0 Å². The largest absolute Gasteiger partial charge is 0.441 e. The van der Waals surface area contributed by atoms with E-state index in [0.717, 1.165) is 0 Å². The normalized spacial score (nSPS) is 20.1. The van der Waals surface area contributed by atoms with Crippen molar-refractivity contribution in [2.75, 3.05) is 18.1 Å². The summed E-state index contributed by atoms with van der Waals surface area (Å²) < 4.78 is 19.0. The molecule has 2 rings (SSSR count). The van der Waals surface area contributed by atoms with E-state index in [9.17, 15) is 9.18 Å². The molecule has 1 aliphatic rings. The van der Waals surface area contributed by atoms with Crippen molar-refractivity contribution in [1.29, 1.82) is 0 Å². The van der Waals surface area contributed by atoms with Crippen molar-refractivity contribution in [2.45, 2.75) is 6.10 Å². The highest BCUT2D eigenvalue weighted by Crippen LogP contribution is 2.26. The van der Waals surface area contributed by atoms with Crippen molar-refractivity contribution >= 4 is 27.7 Å². The first-order valence-electron chi connectivity index (χ1n) is 4.66. The molecule has 0 aliphatic carbocycles. The second kappa shape index (κ2) is 4.39. The number of rotatable bonds is 2. The Morgan fingerprint density at radius 2 is 2.38 bits per heavy atom. The Labute approximate surface area is 99.7 Å². The van der Waals surface area contributed by atoms with Crippen molar-refractivity contribution in [3.8, 4) is 0 Å². The molecule has 0 aromatic heterocycles. The van der Waals surface area contributed by atoms with Crippen molar-refractivity contribution < 1.29 is 19.0 Å². The van der Waals surface area contributed by atoms with E-state index in [4.69, 9.17) is 9.84 Å². The molecule has 1 aromatic carbocycles. The third-order valence-corrected chi connectivity index (χ3v) is 2.77. The number of nitrogens with zero attached hydrogens (tertiary/aromatic N) is 1. The molecule has 0 saturated carbocycles. The lowest BCUT2D eigenvalue weighted by Crippen LogP contribution is -2.26. The molecule has 86 valence electrons. The molecule has 16 heavy (non-hydrogen) atoms. The summed E-state index contributed by atoms with van der Waals surface area (Å²) in [7, 11) is 0. The monoisotopic (exact) mass is 289 g/mol. The van der Waals surface area contributed by atoms with Gasteiger partial charge in [0.2, 0.25) is 0 Å². The Bertz CT molecular complexity index is 427. The third kappa shape index (κ3) is 2.03. The molecule has 1 heterocycles. The van der Waals surface area contributed by atoms with Crippen LogP contribution < -0.4 is 4.90 Å². The van der Waals surface area contributed by atoms with Gasteiger partial charge in [-0.1, -0.05) is 15.9 Å². The van der Waals surface area contributed by atoms with Gasteiger partial charge in [-0.3, -0.25) is 4.90 Å². The van der Waals surface area contributed by atoms with Crippen molar-refractivity contribution in [3.63, 3.8) is 0 Å².